The summed E-state index contributed by atoms with van der Waals surface area (Å²) in [7, 11) is 1.67. The van der Waals surface area contributed by atoms with Crippen LogP contribution in [0.25, 0.3) is 0 Å². The lowest BCUT2D eigenvalue weighted by molar-refractivity contribution is -0.706. The van der Waals surface area contributed by atoms with Crippen LogP contribution in [-0.4, -0.2) is 13.2 Å². The predicted molar refractivity (Wildman–Crippen MR) is 111 cm³/mol. The molecule has 2 aromatic carbocycles. The van der Waals surface area contributed by atoms with Crippen LogP contribution in [-0.2, 0) is 13.2 Å². The van der Waals surface area contributed by atoms with E-state index in [1.54, 1.807) is 7.11 Å². The Kier molecular flexibility index (Phi) is 7.85. The van der Waals surface area contributed by atoms with Crippen molar-refractivity contribution in [1.29, 1.82) is 0 Å². The molecule has 27 heavy (non-hydrogen) atoms. The summed E-state index contributed by atoms with van der Waals surface area (Å²) >= 11 is 6.53. The van der Waals surface area contributed by atoms with Gasteiger partial charge in [0.25, 0.3) is 0 Å². The van der Waals surface area contributed by atoms with E-state index < -0.39 is 0 Å². The molecule has 2 aromatic rings. The third kappa shape index (κ3) is 6.15. The van der Waals surface area contributed by atoms with Crippen LogP contribution in [0.3, 0.4) is 0 Å². The van der Waals surface area contributed by atoms with Gasteiger partial charge in [-0.3, -0.25) is 0 Å². The molecule has 0 heterocycles. The number of quaternary nitrogens is 1. The summed E-state index contributed by atoms with van der Waals surface area (Å²) in [5.41, 5.74) is 2.29. The van der Waals surface area contributed by atoms with E-state index in [1.807, 2.05) is 36.4 Å². The highest BCUT2D eigenvalue weighted by molar-refractivity contribution is 6.32. The van der Waals surface area contributed by atoms with E-state index in [9.17, 15) is 0 Å². The van der Waals surface area contributed by atoms with Gasteiger partial charge in [0.05, 0.1) is 18.2 Å². The van der Waals surface area contributed by atoms with Crippen molar-refractivity contribution in [3.63, 3.8) is 0 Å². The largest absolute Gasteiger partial charge is 0.493 e. The van der Waals surface area contributed by atoms with Crippen molar-refractivity contribution in [3.8, 4) is 11.5 Å². The fraction of sp³-hybridized carbons (Fsp3) is 0.478. The summed E-state index contributed by atoms with van der Waals surface area (Å²) < 4.78 is 11.5. The molecule has 0 saturated heterocycles. The van der Waals surface area contributed by atoms with Crippen molar-refractivity contribution in [2.24, 2.45) is 0 Å². The van der Waals surface area contributed by atoms with Crippen molar-refractivity contribution in [2.75, 3.05) is 7.11 Å². The topological polar surface area (TPSA) is 35.1 Å². The van der Waals surface area contributed by atoms with Crippen LogP contribution in [0, 0.1) is 0 Å². The second-order valence-corrected chi connectivity index (χ2v) is 7.84. The highest BCUT2D eigenvalue weighted by Gasteiger charge is 2.16. The highest BCUT2D eigenvalue weighted by atomic mass is 35.5. The third-order valence-electron chi connectivity index (χ3n) is 5.35. The zero-order chi connectivity index (χ0) is 18.9. The van der Waals surface area contributed by atoms with E-state index in [2.05, 4.69) is 11.4 Å². The Labute approximate surface area is 168 Å². The standard InChI is InChI=1S/C23H30ClNO2/c1-26-22-15-19(16-25-20-12-8-3-2-4-9-13-20)14-21(24)23(22)27-17-18-10-6-5-7-11-18/h5-7,10-11,14-15,20,25H,2-4,8-9,12-13,16-17H2,1H3/p+1. The molecule has 1 aliphatic carbocycles. The number of rotatable bonds is 7. The molecule has 1 saturated carbocycles. The summed E-state index contributed by atoms with van der Waals surface area (Å²) in [6, 6.07) is 14.9. The molecule has 0 unspecified atom stereocenters. The molecule has 2 N–H and O–H groups in total. The summed E-state index contributed by atoms with van der Waals surface area (Å²) in [6.45, 7) is 1.41. The van der Waals surface area contributed by atoms with Crippen LogP contribution in [0.15, 0.2) is 42.5 Å². The molecule has 0 aliphatic heterocycles. The molecule has 3 rings (SSSR count). The van der Waals surface area contributed by atoms with Gasteiger partial charge < -0.3 is 14.8 Å². The minimum atomic E-state index is 0.477. The second kappa shape index (κ2) is 10.6. The zero-order valence-corrected chi connectivity index (χ0v) is 17.0. The Balaban J connectivity index is 1.62. The minimum Gasteiger partial charge on any atom is -0.493 e. The first-order chi connectivity index (χ1) is 13.3. The van der Waals surface area contributed by atoms with Crippen LogP contribution in [0.4, 0.5) is 0 Å². The lowest BCUT2D eigenvalue weighted by Crippen LogP contribution is -2.88. The predicted octanol–water partition coefficient (Wildman–Crippen LogP) is 5.10. The Morgan fingerprint density at radius 3 is 2.37 bits per heavy atom. The van der Waals surface area contributed by atoms with Crippen LogP contribution in [0.2, 0.25) is 5.02 Å². The van der Waals surface area contributed by atoms with Crippen molar-refractivity contribution in [3.05, 3.63) is 58.6 Å². The first-order valence-electron chi connectivity index (χ1n) is 10.1. The quantitative estimate of drug-likeness (QED) is 0.715. The zero-order valence-electron chi connectivity index (χ0n) is 16.3. The van der Waals surface area contributed by atoms with Gasteiger partial charge in [-0.15, -0.1) is 0 Å². The van der Waals surface area contributed by atoms with Gasteiger partial charge in [-0.1, -0.05) is 61.2 Å². The first-order valence-corrected chi connectivity index (χ1v) is 10.5. The number of ether oxygens (including phenoxy) is 2. The van der Waals surface area contributed by atoms with Crippen molar-refractivity contribution >= 4 is 11.6 Å². The number of hydrogen-bond acceptors (Lipinski definition) is 2. The van der Waals surface area contributed by atoms with Gasteiger partial charge >= 0.3 is 0 Å². The van der Waals surface area contributed by atoms with Gasteiger partial charge in [-0.25, -0.2) is 0 Å². The fourth-order valence-electron chi connectivity index (χ4n) is 3.79. The smallest absolute Gasteiger partial charge is 0.180 e. The van der Waals surface area contributed by atoms with Gasteiger partial charge in [0.2, 0.25) is 0 Å². The average molecular weight is 389 g/mol. The number of methoxy groups -OCH3 is 1. The maximum Gasteiger partial charge on any atom is 0.180 e. The molecule has 0 radical (unpaired) electrons. The Bertz CT molecular complexity index is 697. The lowest BCUT2D eigenvalue weighted by Gasteiger charge is -2.19. The molecule has 0 atom stereocenters. The van der Waals surface area contributed by atoms with E-state index in [0.717, 1.165) is 18.2 Å². The molecular formula is C23H31ClNO2+. The first kappa shape index (κ1) is 20.0. The number of benzene rings is 2. The van der Waals surface area contributed by atoms with Crippen LogP contribution >= 0.6 is 11.6 Å². The maximum atomic E-state index is 6.53. The molecular weight excluding hydrogens is 358 g/mol. The lowest BCUT2D eigenvalue weighted by atomic mass is 9.96. The molecule has 1 aliphatic rings. The molecule has 0 amide bonds. The van der Waals surface area contributed by atoms with E-state index >= 15 is 0 Å². The minimum absolute atomic E-state index is 0.477. The van der Waals surface area contributed by atoms with E-state index in [1.165, 1.54) is 50.5 Å². The van der Waals surface area contributed by atoms with Crippen molar-refractivity contribution < 1.29 is 14.8 Å². The normalized spacial score (nSPS) is 15.8. The molecule has 1 fully saturated rings. The molecule has 3 nitrogen and oxygen atoms in total. The van der Waals surface area contributed by atoms with Crippen molar-refractivity contribution in [1.82, 2.24) is 0 Å². The van der Waals surface area contributed by atoms with E-state index in [-0.39, 0.29) is 0 Å². The molecule has 0 bridgehead atoms. The Morgan fingerprint density at radius 1 is 0.963 bits per heavy atom. The van der Waals surface area contributed by atoms with Gasteiger partial charge in [-0.2, -0.15) is 0 Å². The van der Waals surface area contributed by atoms with Gasteiger partial charge in [0, 0.05) is 5.56 Å². The van der Waals surface area contributed by atoms with Gasteiger partial charge in [0.15, 0.2) is 11.5 Å². The summed E-state index contributed by atoms with van der Waals surface area (Å²) in [5, 5.41) is 3.09. The highest BCUT2D eigenvalue weighted by Crippen LogP contribution is 2.36. The van der Waals surface area contributed by atoms with E-state index in [4.69, 9.17) is 21.1 Å². The molecule has 146 valence electrons. The summed E-state index contributed by atoms with van der Waals surface area (Å²) in [6.07, 6.45) is 9.54. The molecule has 4 heteroatoms. The van der Waals surface area contributed by atoms with Crippen molar-refractivity contribution in [2.45, 2.75) is 64.1 Å². The number of hydrogen-bond donors (Lipinski definition) is 1. The summed E-state index contributed by atoms with van der Waals surface area (Å²) in [5.74, 6) is 1.33. The summed E-state index contributed by atoms with van der Waals surface area (Å²) in [4.78, 5) is 0. The SMILES string of the molecule is COc1cc(C[NH2+]C2CCCCCCC2)cc(Cl)c1OCc1ccccc1. The Hall–Kier alpha value is -1.71. The Morgan fingerprint density at radius 2 is 1.67 bits per heavy atom. The van der Waals surface area contributed by atoms with Crippen LogP contribution in [0.1, 0.15) is 56.1 Å². The third-order valence-corrected chi connectivity index (χ3v) is 5.63. The monoisotopic (exact) mass is 388 g/mol. The van der Waals surface area contributed by atoms with Gasteiger partial charge in [0.1, 0.15) is 13.2 Å². The average Bonchev–Trinajstić information content (AvgIpc) is 2.66. The van der Waals surface area contributed by atoms with E-state index in [0.29, 0.717) is 23.1 Å². The van der Waals surface area contributed by atoms with Crippen LogP contribution in [0.5, 0.6) is 11.5 Å². The second-order valence-electron chi connectivity index (χ2n) is 7.43. The molecule has 0 spiro atoms. The number of halogens is 1. The van der Waals surface area contributed by atoms with Gasteiger partial charge in [-0.05, 0) is 43.4 Å². The fourth-order valence-corrected chi connectivity index (χ4v) is 4.07. The molecule has 0 aromatic heterocycles. The maximum absolute atomic E-state index is 6.53. The van der Waals surface area contributed by atoms with Crippen LogP contribution < -0.4 is 14.8 Å². The number of nitrogens with two attached hydrogens (primary N) is 1.